The first-order valence-corrected chi connectivity index (χ1v) is 11.1. The van der Waals surface area contributed by atoms with Gasteiger partial charge in [-0.15, -0.1) is 0 Å². The number of benzene rings is 2. The van der Waals surface area contributed by atoms with E-state index >= 15 is 0 Å². The van der Waals surface area contributed by atoms with E-state index in [0.717, 1.165) is 50.1 Å². The van der Waals surface area contributed by atoms with Gasteiger partial charge in [-0.05, 0) is 61.4 Å². The van der Waals surface area contributed by atoms with Crippen LogP contribution in [-0.4, -0.2) is 42.4 Å². The van der Waals surface area contributed by atoms with E-state index in [9.17, 15) is 9.59 Å². The van der Waals surface area contributed by atoms with E-state index in [1.807, 2.05) is 24.3 Å². The van der Waals surface area contributed by atoms with Gasteiger partial charge in [-0.3, -0.25) is 9.59 Å². The summed E-state index contributed by atoms with van der Waals surface area (Å²) in [5.41, 5.74) is 3.10. The topological polar surface area (TPSA) is 61.4 Å². The summed E-state index contributed by atoms with van der Waals surface area (Å²) in [6, 6.07) is 18.7. The molecule has 156 valence electrons. The lowest BCUT2D eigenvalue weighted by atomic mass is 9.87. The molecule has 2 aliphatic heterocycles. The van der Waals surface area contributed by atoms with Gasteiger partial charge < -0.3 is 15.5 Å². The first-order chi connectivity index (χ1) is 14.7. The largest absolute Gasteiger partial charge is 0.339 e. The van der Waals surface area contributed by atoms with Crippen LogP contribution in [0.1, 0.15) is 36.3 Å². The van der Waals surface area contributed by atoms with Crippen LogP contribution in [0.15, 0.2) is 54.6 Å². The SMILES string of the molecule is O=C1CC(C(=O)N(C[C@@H]2CNC[C@H]2Cc2ccccc2)C2CC2)c2ccccc2N1. The molecule has 0 aromatic heterocycles. The number of carbonyl (C=O) groups excluding carboxylic acids is 2. The van der Waals surface area contributed by atoms with Gasteiger partial charge in [0, 0.05) is 24.7 Å². The summed E-state index contributed by atoms with van der Waals surface area (Å²) in [5, 5.41) is 6.46. The van der Waals surface area contributed by atoms with Gasteiger partial charge >= 0.3 is 0 Å². The summed E-state index contributed by atoms with van der Waals surface area (Å²) in [7, 11) is 0. The number of fused-ring (bicyclic) bond motifs is 1. The van der Waals surface area contributed by atoms with E-state index in [1.54, 1.807) is 0 Å². The minimum atomic E-state index is -0.363. The van der Waals surface area contributed by atoms with Gasteiger partial charge in [0.15, 0.2) is 0 Å². The average molecular weight is 404 g/mol. The monoisotopic (exact) mass is 403 g/mol. The zero-order valence-electron chi connectivity index (χ0n) is 17.2. The van der Waals surface area contributed by atoms with Crippen LogP contribution < -0.4 is 10.6 Å². The van der Waals surface area contributed by atoms with E-state index in [-0.39, 0.29) is 24.2 Å². The second-order valence-corrected chi connectivity index (χ2v) is 8.98. The van der Waals surface area contributed by atoms with Crippen molar-refractivity contribution in [3.05, 3.63) is 65.7 Å². The van der Waals surface area contributed by atoms with Gasteiger partial charge in [0.25, 0.3) is 0 Å². The zero-order chi connectivity index (χ0) is 20.5. The second kappa shape index (κ2) is 8.23. The summed E-state index contributed by atoms with van der Waals surface area (Å²) in [6.45, 7) is 2.74. The van der Waals surface area contributed by atoms with Gasteiger partial charge in [0.1, 0.15) is 0 Å². The molecule has 1 aliphatic carbocycles. The molecule has 0 radical (unpaired) electrons. The Labute approximate surface area is 177 Å². The maximum absolute atomic E-state index is 13.7. The van der Waals surface area contributed by atoms with Crippen LogP contribution in [0.2, 0.25) is 0 Å². The van der Waals surface area contributed by atoms with Crippen LogP contribution in [0.25, 0.3) is 0 Å². The Morgan fingerprint density at radius 1 is 0.967 bits per heavy atom. The van der Waals surface area contributed by atoms with Crippen molar-refractivity contribution in [2.75, 3.05) is 25.0 Å². The van der Waals surface area contributed by atoms with Gasteiger partial charge in [0.2, 0.25) is 11.8 Å². The molecule has 1 unspecified atom stereocenters. The first kappa shape index (κ1) is 19.3. The quantitative estimate of drug-likeness (QED) is 0.779. The lowest BCUT2D eigenvalue weighted by Gasteiger charge is -2.33. The Hall–Kier alpha value is -2.66. The summed E-state index contributed by atoms with van der Waals surface area (Å²) < 4.78 is 0. The summed E-state index contributed by atoms with van der Waals surface area (Å²) in [6.07, 6.45) is 3.45. The molecule has 0 spiro atoms. The fourth-order valence-corrected chi connectivity index (χ4v) is 5.05. The highest BCUT2D eigenvalue weighted by atomic mass is 16.2. The number of hydrogen-bond donors (Lipinski definition) is 2. The molecule has 1 saturated carbocycles. The van der Waals surface area contributed by atoms with E-state index in [0.29, 0.717) is 17.9 Å². The molecule has 3 aliphatic rings. The third-order valence-corrected chi connectivity index (χ3v) is 6.82. The third kappa shape index (κ3) is 3.99. The van der Waals surface area contributed by atoms with Crippen molar-refractivity contribution < 1.29 is 9.59 Å². The molecule has 2 amide bonds. The predicted octanol–water partition coefficient (Wildman–Crippen LogP) is 3.18. The molecule has 2 N–H and O–H groups in total. The van der Waals surface area contributed by atoms with Crippen LogP contribution in [0.4, 0.5) is 5.69 Å². The minimum Gasteiger partial charge on any atom is -0.339 e. The minimum absolute atomic E-state index is 0.0627. The number of carbonyl (C=O) groups is 2. The van der Waals surface area contributed by atoms with Crippen LogP contribution in [0.3, 0.4) is 0 Å². The third-order valence-electron chi connectivity index (χ3n) is 6.82. The molecular weight excluding hydrogens is 374 g/mol. The molecule has 30 heavy (non-hydrogen) atoms. The Morgan fingerprint density at radius 2 is 1.70 bits per heavy atom. The van der Waals surface area contributed by atoms with Gasteiger partial charge in [-0.25, -0.2) is 0 Å². The number of anilines is 1. The molecule has 1 saturated heterocycles. The van der Waals surface area contributed by atoms with E-state index < -0.39 is 0 Å². The van der Waals surface area contributed by atoms with Crippen molar-refractivity contribution in [1.29, 1.82) is 0 Å². The Kier molecular flexibility index (Phi) is 5.30. The number of para-hydroxylation sites is 1. The Balaban J connectivity index is 1.33. The van der Waals surface area contributed by atoms with Gasteiger partial charge in [-0.2, -0.15) is 0 Å². The predicted molar refractivity (Wildman–Crippen MR) is 117 cm³/mol. The smallest absolute Gasteiger partial charge is 0.230 e. The number of rotatable bonds is 6. The first-order valence-electron chi connectivity index (χ1n) is 11.1. The van der Waals surface area contributed by atoms with Crippen LogP contribution in [0, 0.1) is 11.8 Å². The van der Waals surface area contributed by atoms with Crippen LogP contribution >= 0.6 is 0 Å². The van der Waals surface area contributed by atoms with Crippen molar-refractivity contribution in [3.63, 3.8) is 0 Å². The van der Waals surface area contributed by atoms with E-state index in [4.69, 9.17) is 0 Å². The maximum Gasteiger partial charge on any atom is 0.230 e. The standard InChI is InChI=1S/C25H29N3O2/c29-24-13-22(21-8-4-5-9-23(21)27-24)25(30)28(20-10-11-20)16-19-15-26-14-18(19)12-17-6-2-1-3-7-17/h1-9,18-20,22,26H,10-16H2,(H,27,29)/t18-,19+,22?/m1/s1. The molecule has 2 heterocycles. The molecule has 2 aromatic carbocycles. The van der Waals surface area contributed by atoms with E-state index in [2.05, 4.69) is 45.9 Å². The number of amides is 2. The molecule has 0 bridgehead atoms. The lowest BCUT2D eigenvalue weighted by Crippen LogP contribution is -2.43. The fraction of sp³-hybridized carbons (Fsp3) is 0.440. The Morgan fingerprint density at radius 3 is 2.50 bits per heavy atom. The van der Waals surface area contributed by atoms with Crippen molar-refractivity contribution in [2.24, 2.45) is 11.8 Å². The normalized spacial score (nSPS) is 25.5. The fourth-order valence-electron chi connectivity index (χ4n) is 5.05. The molecule has 5 heteroatoms. The average Bonchev–Trinajstić information content (AvgIpc) is 3.52. The molecule has 2 fully saturated rings. The van der Waals surface area contributed by atoms with Crippen molar-refractivity contribution in [3.8, 4) is 0 Å². The molecule has 3 atom stereocenters. The molecule has 2 aromatic rings. The summed E-state index contributed by atoms with van der Waals surface area (Å²) >= 11 is 0. The van der Waals surface area contributed by atoms with Crippen molar-refractivity contribution in [1.82, 2.24) is 10.2 Å². The summed E-state index contributed by atoms with van der Waals surface area (Å²) in [5.74, 6) is 0.681. The highest BCUT2D eigenvalue weighted by Gasteiger charge is 2.41. The highest BCUT2D eigenvalue weighted by molar-refractivity contribution is 6.01. The Bertz CT molecular complexity index is 925. The number of hydrogen-bond acceptors (Lipinski definition) is 3. The lowest BCUT2D eigenvalue weighted by molar-refractivity contribution is -0.136. The number of nitrogens with zero attached hydrogens (tertiary/aromatic N) is 1. The van der Waals surface area contributed by atoms with E-state index in [1.165, 1.54) is 5.56 Å². The van der Waals surface area contributed by atoms with Crippen molar-refractivity contribution >= 4 is 17.5 Å². The zero-order valence-corrected chi connectivity index (χ0v) is 17.2. The van der Waals surface area contributed by atoms with Gasteiger partial charge in [-0.1, -0.05) is 48.5 Å². The van der Waals surface area contributed by atoms with Crippen LogP contribution in [0.5, 0.6) is 0 Å². The molecule has 5 rings (SSSR count). The summed E-state index contributed by atoms with van der Waals surface area (Å²) in [4.78, 5) is 28.0. The van der Waals surface area contributed by atoms with Crippen molar-refractivity contribution in [2.45, 2.75) is 37.6 Å². The van der Waals surface area contributed by atoms with Gasteiger partial charge in [0.05, 0.1) is 5.92 Å². The molecular formula is C25H29N3O2. The second-order valence-electron chi connectivity index (χ2n) is 8.98. The molecule has 5 nitrogen and oxygen atoms in total. The number of nitrogens with one attached hydrogen (secondary N) is 2. The van der Waals surface area contributed by atoms with Crippen LogP contribution in [-0.2, 0) is 16.0 Å². The highest BCUT2D eigenvalue weighted by Crippen LogP contribution is 2.38. The maximum atomic E-state index is 13.7.